The number of anilines is 2. The van der Waals surface area contributed by atoms with Crippen LogP contribution in [-0.4, -0.2) is 21.0 Å². The number of nitrogens with one attached hydrogen (secondary N) is 1. The maximum absolute atomic E-state index is 11.0. The predicted molar refractivity (Wildman–Crippen MR) is 103 cm³/mol. The monoisotopic (exact) mass is 417 g/mol. The number of hydrogen-bond donors (Lipinski definition) is 2. The molecule has 4 rings (SSSR count). The van der Waals surface area contributed by atoms with Crippen molar-refractivity contribution in [2.45, 2.75) is 25.7 Å². The van der Waals surface area contributed by atoms with Gasteiger partial charge in [-0.1, -0.05) is 22.0 Å². The molecule has 0 saturated carbocycles. The maximum Gasteiger partial charge on any atom is 0.303 e. The van der Waals surface area contributed by atoms with Gasteiger partial charge in [0.2, 0.25) is 0 Å². The molecule has 1 aromatic carbocycles. The van der Waals surface area contributed by atoms with E-state index < -0.39 is 5.97 Å². The molecule has 1 aliphatic rings. The summed E-state index contributed by atoms with van der Waals surface area (Å²) in [5.74, 6) is 0.316. The van der Waals surface area contributed by atoms with Gasteiger partial charge in [0.1, 0.15) is 17.0 Å². The third-order valence-corrected chi connectivity index (χ3v) is 6.15. The van der Waals surface area contributed by atoms with Crippen LogP contribution in [0.3, 0.4) is 0 Å². The summed E-state index contributed by atoms with van der Waals surface area (Å²) in [5.41, 5.74) is 2.24. The molecular weight excluding hydrogens is 402 g/mol. The van der Waals surface area contributed by atoms with E-state index in [1.807, 2.05) is 24.3 Å². The fraction of sp³-hybridized carbons (Fsp3) is 0.278. The molecule has 0 saturated heterocycles. The molecule has 2 aromatic heterocycles. The van der Waals surface area contributed by atoms with E-state index in [0.717, 1.165) is 45.5 Å². The number of benzene rings is 1. The standard InChI is InChI=1S/C18H16BrN3O2S/c19-11-2-1-3-12(8-11)22-17-16-13-5-4-10(7-15(23)24)6-14(13)25-18(16)21-9-20-17/h1-3,8-10H,4-7H2,(H,23,24)(H,20,21,22). The van der Waals surface area contributed by atoms with Crippen LogP contribution < -0.4 is 5.32 Å². The van der Waals surface area contributed by atoms with Crippen molar-refractivity contribution < 1.29 is 9.90 Å². The lowest BCUT2D eigenvalue weighted by Crippen LogP contribution is -2.16. The number of hydrogen-bond acceptors (Lipinski definition) is 5. The van der Waals surface area contributed by atoms with Gasteiger partial charge in [-0.05, 0) is 48.9 Å². The van der Waals surface area contributed by atoms with Gasteiger partial charge in [0.25, 0.3) is 0 Å². The lowest BCUT2D eigenvalue weighted by atomic mass is 9.86. The van der Waals surface area contributed by atoms with Crippen LogP contribution in [0.4, 0.5) is 11.5 Å². The number of rotatable bonds is 4. The molecule has 25 heavy (non-hydrogen) atoms. The van der Waals surface area contributed by atoms with Crippen molar-refractivity contribution in [2.75, 3.05) is 5.32 Å². The van der Waals surface area contributed by atoms with Gasteiger partial charge in [0.05, 0.1) is 5.39 Å². The van der Waals surface area contributed by atoms with Gasteiger partial charge in [0.15, 0.2) is 0 Å². The van der Waals surface area contributed by atoms with Gasteiger partial charge >= 0.3 is 5.97 Å². The maximum atomic E-state index is 11.0. The van der Waals surface area contributed by atoms with Gasteiger partial charge in [-0.2, -0.15) is 0 Å². The first kappa shape index (κ1) is 16.5. The quantitative estimate of drug-likeness (QED) is 0.638. The van der Waals surface area contributed by atoms with Gasteiger partial charge in [0, 0.05) is 21.5 Å². The van der Waals surface area contributed by atoms with Crippen LogP contribution in [0.2, 0.25) is 0 Å². The Morgan fingerprint density at radius 3 is 3.08 bits per heavy atom. The predicted octanol–water partition coefficient (Wildman–Crippen LogP) is 4.78. The molecule has 0 bridgehead atoms. The molecule has 2 heterocycles. The number of fused-ring (bicyclic) bond motifs is 3. The number of carboxylic acid groups (broad SMARTS) is 1. The molecule has 2 N–H and O–H groups in total. The summed E-state index contributed by atoms with van der Waals surface area (Å²) in [4.78, 5) is 22.1. The normalized spacial score (nSPS) is 16.6. The highest BCUT2D eigenvalue weighted by Crippen LogP contribution is 2.41. The third kappa shape index (κ3) is 3.39. The van der Waals surface area contributed by atoms with Gasteiger partial charge < -0.3 is 10.4 Å². The Kier molecular flexibility index (Phi) is 4.43. The molecule has 0 spiro atoms. The zero-order chi connectivity index (χ0) is 17.4. The number of aliphatic carboxylic acids is 1. The average Bonchev–Trinajstić information content (AvgIpc) is 2.93. The van der Waals surface area contributed by atoms with Crippen LogP contribution in [0.25, 0.3) is 10.2 Å². The second-order valence-corrected chi connectivity index (χ2v) is 8.25. The first-order valence-electron chi connectivity index (χ1n) is 8.10. The van der Waals surface area contributed by atoms with E-state index in [1.54, 1.807) is 17.7 Å². The summed E-state index contributed by atoms with van der Waals surface area (Å²) in [5, 5.41) is 13.5. The van der Waals surface area contributed by atoms with Crippen LogP contribution in [-0.2, 0) is 17.6 Å². The Morgan fingerprint density at radius 2 is 2.28 bits per heavy atom. The van der Waals surface area contributed by atoms with Crippen molar-refractivity contribution in [3.05, 3.63) is 45.5 Å². The molecule has 0 radical (unpaired) electrons. The fourth-order valence-corrected chi connectivity index (χ4v) is 5.10. The number of aromatic nitrogens is 2. The van der Waals surface area contributed by atoms with Crippen molar-refractivity contribution in [3.63, 3.8) is 0 Å². The molecule has 5 nitrogen and oxygen atoms in total. The number of carboxylic acids is 1. The largest absolute Gasteiger partial charge is 0.481 e. The van der Waals surface area contributed by atoms with Crippen molar-refractivity contribution in [1.29, 1.82) is 0 Å². The first-order chi connectivity index (χ1) is 12.1. The summed E-state index contributed by atoms with van der Waals surface area (Å²) in [6.07, 6.45) is 4.42. The minimum absolute atomic E-state index is 0.215. The van der Waals surface area contributed by atoms with E-state index in [2.05, 4.69) is 31.2 Å². The number of nitrogens with zero attached hydrogens (tertiary/aromatic N) is 2. The van der Waals surface area contributed by atoms with Gasteiger partial charge in [-0.15, -0.1) is 11.3 Å². The number of halogens is 1. The second kappa shape index (κ2) is 6.72. The molecular formula is C18H16BrN3O2S. The summed E-state index contributed by atoms with van der Waals surface area (Å²) < 4.78 is 1.01. The fourth-order valence-electron chi connectivity index (χ4n) is 3.40. The highest BCUT2D eigenvalue weighted by atomic mass is 79.9. The molecule has 1 aliphatic carbocycles. The van der Waals surface area contributed by atoms with Gasteiger partial charge in [-0.25, -0.2) is 9.97 Å². The van der Waals surface area contributed by atoms with E-state index >= 15 is 0 Å². The van der Waals surface area contributed by atoms with Crippen LogP contribution in [0, 0.1) is 5.92 Å². The Balaban J connectivity index is 1.70. The van der Waals surface area contributed by atoms with Crippen LogP contribution in [0.5, 0.6) is 0 Å². The topological polar surface area (TPSA) is 75.1 Å². The summed E-state index contributed by atoms with van der Waals surface area (Å²) in [6, 6.07) is 7.97. The second-order valence-electron chi connectivity index (χ2n) is 6.25. The SMILES string of the molecule is O=C(O)CC1CCc2c(sc3ncnc(Nc4cccc(Br)c4)c23)C1. The van der Waals surface area contributed by atoms with E-state index in [-0.39, 0.29) is 12.3 Å². The van der Waals surface area contributed by atoms with Crippen LogP contribution in [0.15, 0.2) is 35.1 Å². The van der Waals surface area contributed by atoms with Crippen LogP contribution >= 0.6 is 27.3 Å². The number of aryl methyl sites for hydroxylation is 1. The highest BCUT2D eigenvalue weighted by Gasteiger charge is 2.26. The van der Waals surface area contributed by atoms with E-state index in [4.69, 9.17) is 5.11 Å². The Labute approximate surface area is 157 Å². The molecule has 1 unspecified atom stereocenters. The summed E-state index contributed by atoms with van der Waals surface area (Å²) >= 11 is 5.15. The molecule has 0 aliphatic heterocycles. The Hall–Kier alpha value is -1.99. The zero-order valence-electron chi connectivity index (χ0n) is 13.3. The minimum atomic E-state index is -0.716. The third-order valence-electron chi connectivity index (χ3n) is 4.50. The summed E-state index contributed by atoms with van der Waals surface area (Å²) in [6.45, 7) is 0. The van der Waals surface area contributed by atoms with Gasteiger partial charge in [-0.3, -0.25) is 4.79 Å². The lowest BCUT2D eigenvalue weighted by Gasteiger charge is -2.20. The Morgan fingerprint density at radius 1 is 1.40 bits per heavy atom. The van der Waals surface area contributed by atoms with E-state index in [9.17, 15) is 4.79 Å². The molecule has 128 valence electrons. The molecule has 7 heteroatoms. The van der Waals surface area contributed by atoms with Crippen molar-refractivity contribution in [1.82, 2.24) is 9.97 Å². The first-order valence-corrected chi connectivity index (χ1v) is 9.70. The highest BCUT2D eigenvalue weighted by molar-refractivity contribution is 9.10. The molecule has 3 aromatic rings. The smallest absolute Gasteiger partial charge is 0.303 e. The average molecular weight is 418 g/mol. The lowest BCUT2D eigenvalue weighted by molar-refractivity contribution is -0.138. The van der Waals surface area contributed by atoms with E-state index in [0.29, 0.717) is 0 Å². The number of carbonyl (C=O) groups is 1. The van der Waals surface area contributed by atoms with Crippen molar-refractivity contribution in [2.24, 2.45) is 5.92 Å². The summed E-state index contributed by atoms with van der Waals surface area (Å²) in [7, 11) is 0. The minimum Gasteiger partial charge on any atom is -0.481 e. The molecule has 0 amide bonds. The molecule has 1 atom stereocenters. The van der Waals surface area contributed by atoms with Crippen molar-refractivity contribution >= 4 is 55.0 Å². The van der Waals surface area contributed by atoms with Crippen molar-refractivity contribution in [3.8, 4) is 0 Å². The van der Waals surface area contributed by atoms with E-state index in [1.165, 1.54) is 10.4 Å². The zero-order valence-corrected chi connectivity index (χ0v) is 15.7. The Bertz CT molecular complexity index is 957. The number of thiophene rings is 1. The van der Waals surface area contributed by atoms with Crippen LogP contribution in [0.1, 0.15) is 23.3 Å². The molecule has 0 fully saturated rings.